The first-order valence-electron chi connectivity index (χ1n) is 8.07. The number of nitrogens with zero attached hydrogens (tertiary/aromatic N) is 3. The van der Waals surface area contributed by atoms with Crippen LogP contribution in [-0.4, -0.2) is 48.2 Å². The van der Waals surface area contributed by atoms with Gasteiger partial charge in [0.05, 0.1) is 18.7 Å². The number of halogens is 1. The zero-order valence-electron chi connectivity index (χ0n) is 13.2. The fraction of sp³-hybridized carbons (Fsp3) is 0.529. The predicted octanol–water partition coefficient (Wildman–Crippen LogP) is 2.82. The van der Waals surface area contributed by atoms with Crippen molar-refractivity contribution in [1.29, 1.82) is 0 Å². The Morgan fingerprint density at radius 1 is 1.22 bits per heavy atom. The SMILES string of the molecule is CN1CCC(C2(c3ccc4cnc(Cl)cc4n3)OCCO2)CC1. The molecule has 2 fully saturated rings. The molecule has 0 radical (unpaired) electrons. The Kier molecular flexibility index (Phi) is 3.97. The van der Waals surface area contributed by atoms with Crippen molar-refractivity contribution in [3.8, 4) is 0 Å². The van der Waals surface area contributed by atoms with Crippen molar-refractivity contribution in [3.63, 3.8) is 0 Å². The highest BCUT2D eigenvalue weighted by molar-refractivity contribution is 6.29. The van der Waals surface area contributed by atoms with Gasteiger partial charge >= 0.3 is 0 Å². The largest absolute Gasteiger partial charge is 0.342 e. The van der Waals surface area contributed by atoms with Crippen molar-refractivity contribution in [2.75, 3.05) is 33.4 Å². The Balaban J connectivity index is 1.75. The van der Waals surface area contributed by atoms with Crippen molar-refractivity contribution in [1.82, 2.24) is 14.9 Å². The molecule has 5 nitrogen and oxygen atoms in total. The van der Waals surface area contributed by atoms with Gasteiger partial charge in [-0.15, -0.1) is 0 Å². The van der Waals surface area contributed by atoms with Crippen LogP contribution in [0.1, 0.15) is 18.5 Å². The van der Waals surface area contributed by atoms with Gasteiger partial charge in [-0.3, -0.25) is 0 Å². The van der Waals surface area contributed by atoms with Crippen molar-refractivity contribution in [2.24, 2.45) is 5.92 Å². The van der Waals surface area contributed by atoms with E-state index in [4.69, 9.17) is 26.1 Å². The van der Waals surface area contributed by atoms with E-state index in [-0.39, 0.29) is 0 Å². The maximum Gasteiger partial charge on any atom is 0.215 e. The molecule has 2 aliphatic heterocycles. The molecule has 122 valence electrons. The summed E-state index contributed by atoms with van der Waals surface area (Å²) >= 11 is 6.01. The molecule has 0 unspecified atom stereocenters. The first-order chi connectivity index (χ1) is 11.2. The molecular formula is C17H20ClN3O2. The summed E-state index contributed by atoms with van der Waals surface area (Å²) in [4.78, 5) is 11.2. The average Bonchev–Trinajstić information content (AvgIpc) is 3.05. The molecule has 0 amide bonds. The number of hydrogen-bond donors (Lipinski definition) is 0. The van der Waals surface area contributed by atoms with Crippen LogP contribution in [0, 0.1) is 5.92 Å². The fourth-order valence-electron chi connectivity index (χ4n) is 3.60. The van der Waals surface area contributed by atoms with Gasteiger partial charge in [0, 0.05) is 23.6 Å². The van der Waals surface area contributed by atoms with E-state index >= 15 is 0 Å². The summed E-state index contributed by atoms with van der Waals surface area (Å²) in [5.74, 6) is -0.394. The Labute approximate surface area is 140 Å². The summed E-state index contributed by atoms with van der Waals surface area (Å²) in [5, 5.41) is 1.42. The molecule has 0 bridgehead atoms. The van der Waals surface area contributed by atoms with Crippen LogP contribution in [0.5, 0.6) is 0 Å². The van der Waals surface area contributed by atoms with Gasteiger partial charge in [0.25, 0.3) is 0 Å². The maximum absolute atomic E-state index is 6.13. The van der Waals surface area contributed by atoms with Gasteiger partial charge in [0.1, 0.15) is 10.8 Å². The highest BCUT2D eigenvalue weighted by Gasteiger charge is 2.48. The zero-order valence-corrected chi connectivity index (χ0v) is 13.9. The predicted molar refractivity (Wildman–Crippen MR) is 88.4 cm³/mol. The molecule has 2 aliphatic rings. The Morgan fingerprint density at radius 3 is 2.70 bits per heavy atom. The minimum Gasteiger partial charge on any atom is -0.342 e. The van der Waals surface area contributed by atoms with Crippen molar-refractivity contribution in [2.45, 2.75) is 18.6 Å². The highest BCUT2D eigenvalue weighted by Crippen LogP contribution is 2.43. The third-order valence-electron chi connectivity index (χ3n) is 4.87. The van der Waals surface area contributed by atoms with E-state index in [1.54, 1.807) is 12.3 Å². The number of ether oxygens (including phenoxy) is 2. The summed E-state index contributed by atoms with van der Waals surface area (Å²) in [6.45, 7) is 3.34. The molecule has 4 rings (SSSR count). The van der Waals surface area contributed by atoms with Gasteiger partial charge in [0.2, 0.25) is 5.79 Å². The number of aromatic nitrogens is 2. The Hall–Kier alpha value is -1.27. The van der Waals surface area contributed by atoms with E-state index < -0.39 is 5.79 Å². The monoisotopic (exact) mass is 333 g/mol. The van der Waals surface area contributed by atoms with E-state index in [2.05, 4.69) is 16.9 Å². The minimum absolute atomic E-state index is 0.323. The molecule has 0 aromatic carbocycles. The summed E-state index contributed by atoms with van der Waals surface area (Å²) in [5.41, 5.74) is 1.67. The van der Waals surface area contributed by atoms with Crippen LogP contribution in [0.2, 0.25) is 5.15 Å². The first-order valence-corrected chi connectivity index (χ1v) is 8.44. The van der Waals surface area contributed by atoms with E-state index in [0.29, 0.717) is 24.3 Å². The third kappa shape index (κ3) is 2.72. The number of piperidine rings is 1. The molecule has 2 aromatic rings. The Morgan fingerprint density at radius 2 is 1.96 bits per heavy atom. The third-order valence-corrected chi connectivity index (χ3v) is 5.08. The standard InChI is InChI=1S/C17H20ClN3O2/c1-21-6-4-13(5-7-21)17(22-8-9-23-17)15-3-2-12-11-19-16(18)10-14(12)20-15/h2-3,10-11,13H,4-9H2,1H3. The summed E-state index contributed by atoms with van der Waals surface area (Å²) in [6.07, 6.45) is 3.84. The quantitative estimate of drug-likeness (QED) is 0.791. The van der Waals surface area contributed by atoms with Crippen LogP contribution in [-0.2, 0) is 15.3 Å². The zero-order chi connectivity index (χ0) is 15.9. The number of pyridine rings is 2. The molecule has 0 saturated carbocycles. The second-order valence-electron chi connectivity index (χ2n) is 6.34. The van der Waals surface area contributed by atoms with Gasteiger partial charge < -0.3 is 14.4 Å². The topological polar surface area (TPSA) is 47.5 Å². The van der Waals surface area contributed by atoms with Crippen molar-refractivity contribution >= 4 is 22.5 Å². The van der Waals surface area contributed by atoms with Crippen LogP contribution >= 0.6 is 11.6 Å². The van der Waals surface area contributed by atoms with E-state index in [0.717, 1.165) is 42.5 Å². The lowest BCUT2D eigenvalue weighted by atomic mass is 9.86. The summed E-state index contributed by atoms with van der Waals surface area (Å²) < 4.78 is 12.3. The fourth-order valence-corrected chi connectivity index (χ4v) is 3.75. The average molecular weight is 334 g/mol. The van der Waals surface area contributed by atoms with Gasteiger partial charge in [-0.25, -0.2) is 9.97 Å². The number of hydrogen-bond acceptors (Lipinski definition) is 5. The molecule has 0 aliphatic carbocycles. The van der Waals surface area contributed by atoms with Crippen LogP contribution in [0.4, 0.5) is 0 Å². The van der Waals surface area contributed by atoms with E-state index in [1.165, 1.54) is 0 Å². The van der Waals surface area contributed by atoms with Gasteiger partial charge in [-0.05, 0) is 45.1 Å². The molecule has 0 atom stereocenters. The highest BCUT2D eigenvalue weighted by atomic mass is 35.5. The summed E-state index contributed by atoms with van der Waals surface area (Å²) in [7, 11) is 2.16. The normalized spacial score (nSPS) is 22.7. The van der Waals surface area contributed by atoms with Crippen molar-refractivity contribution in [3.05, 3.63) is 35.2 Å². The minimum atomic E-state index is -0.717. The van der Waals surface area contributed by atoms with Crippen LogP contribution < -0.4 is 0 Å². The molecule has 2 saturated heterocycles. The first kappa shape index (κ1) is 15.3. The molecule has 0 spiro atoms. The lowest BCUT2D eigenvalue weighted by Gasteiger charge is -2.39. The second kappa shape index (κ2) is 5.98. The van der Waals surface area contributed by atoms with Crippen LogP contribution in [0.15, 0.2) is 24.4 Å². The van der Waals surface area contributed by atoms with E-state index in [1.807, 2.05) is 12.1 Å². The van der Waals surface area contributed by atoms with E-state index in [9.17, 15) is 0 Å². The molecular weight excluding hydrogens is 314 g/mol. The molecule has 0 N–H and O–H groups in total. The van der Waals surface area contributed by atoms with Gasteiger partial charge in [0.15, 0.2) is 0 Å². The summed E-state index contributed by atoms with van der Waals surface area (Å²) in [6, 6.07) is 5.81. The Bertz CT molecular complexity index is 710. The molecule has 4 heterocycles. The van der Waals surface area contributed by atoms with Crippen molar-refractivity contribution < 1.29 is 9.47 Å². The maximum atomic E-state index is 6.13. The lowest BCUT2D eigenvalue weighted by Crippen LogP contribution is -2.43. The molecule has 23 heavy (non-hydrogen) atoms. The number of likely N-dealkylation sites (tertiary alicyclic amines) is 1. The van der Waals surface area contributed by atoms with Crippen LogP contribution in [0.3, 0.4) is 0 Å². The number of fused-ring (bicyclic) bond motifs is 1. The van der Waals surface area contributed by atoms with Gasteiger partial charge in [-0.1, -0.05) is 11.6 Å². The van der Waals surface area contributed by atoms with Crippen LogP contribution in [0.25, 0.3) is 10.9 Å². The van der Waals surface area contributed by atoms with Gasteiger partial charge in [-0.2, -0.15) is 0 Å². The number of rotatable bonds is 2. The second-order valence-corrected chi connectivity index (χ2v) is 6.73. The smallest absolute Gasteiger partial charge is 0.215 e. The molecule has 2 aromatic heterocycles. The molecule has 6 heteroatoms. The lowest BCUT2D eigenvalue weighted by molar-refractivity contribution is -0.216.